The molecule has 4 rings (SSSR count). The number of hydrogen-bond acceptors (Lipinski definition) is 8. The van der Waals surface area contributed by atoms with Crippen molar-refractivity contribution in [1.82, 2.24) is 15.0 Å². The van der Waals surface area contributed by atoms with Gasteiger partial charge in [-0.1, -0.05) is 48.0 Å². The van der Waals surface area contributed by atoms with Crippen LogP contribution in [0.25, 0.3) is 0 Å². The maximum Gasteiger partial charge on any atom is 0.250 e. The lowest BCUT2D eigenvalue weighted by Gasteiger charge is -2.27. The van der Waals surface area contributed by atoms with Gasteiger partial charge in [0.15, 0.2) is 0 Å². The molecule has 1 aliphatic heterocycles. The highest BCUT2D eigenvalue weighted by molar-refractivity contribution is 5.80. The number of morpholine rings is 1. The lowest BCUT2D eigenvalue weighted by Crippen LogP contribution is -2.37. The molecule has 29 heavy (non-hydrogen) atoms. The summed E-state index contributed by atoms with van der Waals surface area (Å²) in [5, 5.41) is 7.50. The molecular weight excluding hydrogens is 366 g/mol. The van der Waals surface area contributed by atoms with E-state index in [0.717, 1.165) is 24.3 Å². The third kappa shape index (κ3) is 5.26. The van der Waals surface area contributed by atoms with Crippen molar-refractivity contribution < 1.29 is 4.74 Å². The minimum Gasteiger partial charge on any atom is -0.378 e. The molecule has 0 amide bonds. The van der Waals surface area contributed by atoms with Gasteiger partial charge < -0.3 is 15.0 Å². The van der Waals surface area contributed by atoms with E-state index in [-0.39, 0.29) is 0 Å². The standard InChI is InChI=1S/C21H23N7O/c1-16-7-9-17(10-8-16)15-22-27-20-24-19(23-18-5-3-2-4-6-18)25-21(26-20)28-11-13-29-14-12-28/h2-10,15H,11-14H2,1H3,(H2,23,24,25,26,27). The van der Waals surface area contributed by atoms with Crippen LogP contribution in [-0.2, 0) is 4.74 Å². The monoisotopic (exact) mass is 389 g/mol. The van der Waals surface area contributed by atoms with E-state index in [4.69, 9.17) is 4.74 Å². The third-order valence-electron chi connectivity index (χ3n) is 4.40. The summed E-state index contributed by atoms with van der Waals surface area (Å²) in [5.74, 6) is 1.43. The molecule has 0 radical (unpaired) electrons. The van der Waals surface area contributed by atoms with Gasteiger partial charge in [0.1, 0.15) is 0 Å². The number of para-hydroxylation sites is 1. The first-order valence-corrected chi connectivity index (χ1v) is 9.53. The first-order valence-electron chi connectivity index (χ1n) is 9.53. The van der Waals surface area contributed by atoms with E-state index in [1.165, 1.54) is 5.56 Å². The zero-order chi connectivity index (χ0) is 19.9. The van der Waals surface area contributed by atoms with Gasteiger partial charge in [-0.3, -0.25) is 0 Å². The lowest BCUT2D eigenvalue weighted by molar-refractivity contribution is 0.122. The molecule has 8 heteroatoms. The predicted molar refractivity (Wildman–Crippen MR) is 115 cm³/mol. The highest BCUT2D eigenvalue weighted by Gasteiger charge is 2.16. The highest BCUT2D eigenvalue weighted by atomic mass is 16.5. The van der Waals surface area contributed by atoms with Crippen molar-refractivity contribution in [2.75, 3.05) is 41.9 Å². The number of ether oxygens (including phenoxy) is 1. The molecule has 0 bridgehead atoms. The van der Waals surface area contributed by atoms with Gasteiger partial charge in [-0.25, -0.2) is 5.43 Å². The molecule has 2 aromatic carbocycles. The number of aromatic nitrogens is 3. The Morgan fingerprint density at radius 1 is 0.931 bits per heavy atom. The zero-order valence-electron chi connectivity index (χ0n) is 16.2. The Bertz CT molecular complexity index is 955. The van der Waals surface area contributed by atoms with Crippen LogP contribution < -0.4 is 15.6 Å². The van der Waals surface area contributed by atoms with Crippen LogP contribution in [-0.4, -0.2) is 47.5 Å². The summed E-state index contributed by atoms with van der Waals surface area (Å²) in [6.45, 7) is 4.84. The lowest BCUT2D eigenvalue weighted by atomic mass is 10.2. The Hall–Kier alpha value is -3.52. The summed E-state index contributed by atoms with van der Waals surface area (Å²) in [5.41, 5.74) is 6.03. The molecule has 3 aromatic rings. The Kier molecular flexibility index (Phi) is 5.92. The average Bonchev–Trinajstić information content (AvgIpc) is 2.76. The summed E-state index contributed by atoms with van der Waals surface area (Å²) >= 11 is 0. The molecule has 0 aliphatic carbocycles. The first kappa shape index (κ1) is 18.8. The van der Waals surface area contributed by atoms with Crippen molar-refractivity contribution in [3.8, 4) is 0 Å². The second kappa shape index (κ2) is 9.11. The second-order valence-electron chi connectivity index (χ2n) is 6.65. The summed E-state index contributed by atoms with van der Waals surface area (Å²) < 4.78 is 5.43. The van der Waals surface area contributed by atoms with Crippen LogP contribution in [0.3, 0.4) is 0 Å². The number of nitrogens with one attached hydrogen (secondary N) is 2. The van der Waals surface area contributed by atoms with Crippen molar-refractivity contribution in [1.29, 1.82) is 0 Å². The molecule has 1 fully saturated rings. The van der Waals surface area contributed by atoms with Crippen LogP contribution in [0, 0.1) is 6.92 Å². The van der Waals surface area contributed by atoms with E-state index in [1.54, 1.807) is 6.21 Å². The zero-order valence-corrected chi connectivity index (χ0v) is 16.2. The molecule has 1 aliphatic rings. The number of hydrogen-bond donors (Lipinski definition) is 2. The fraction of sp³-hybridized carbons (Fsp3) is 0.238. The molecule has 8 nitrogen and oxygen atoms in total. The summed E-state index contributed by atoms with van der Waals surface area (Å²) in [6.07, 6.45) is 1.74. The van der Waals surface area contributed by atoms with E-state index in [2.05, 4.69) is 42.6 Å². The molecular formula is C21H23N7O. The van der Waals surface area contributed by atoms with Gasteiger partial charge in [-0.2, -0.15) is 20.1 Å². The minimum absolute atomic E-state index is 0.378. The normalized spacial score (nSPS) is 14.2. The van der Waals surface area contributed by atoms with Crippen LogP contribution in [0.15, 0.2) is 59.7 Å². The Labute approximate surface area is 169 Å². The van der Waals surface area contributed by atoms with Crippen molar-refractivity contribution in [3.63, 3.8) is 0 Å². The van der Waals surface area contributed by atoms with Gasteiger partial charge in [0.05, 0.1) is 19.4 Å². The maximum atomic E-state index is 5.43. The van der Waals surface area contributed by atoms with Gasteiger partial charge in [0, 0.05) is 18.8 Å². The van der Waals surface area contributed by atoms with Crippen molar-refractivity contribution in [3.05, 3.63) is 65.7 Å². The molecule has 0 spiro atoms. The van der Waals surface area contributed by atoms with E-state index in [0.29, 0.717) is 31.1 Å². The van der Waals surface area contributed by atoms with Crippen LogP contribution in [0.1, 0.15) is 11.1 Å². The Balaban J connectivity index is 1.55. The summed E-state index contributed by atoms with van der Waals surface area (Å²) in [4.78, 5) is 15.6. The number of aryl methyl sites for hydroxylation is 1. The predicted octanol–water partition coefficient (Wildman–Crippen LogP) is 3.21. The Morgan fingerprint density at radius 3 is 2.41 bits per heavy atom. The average molecular weight is 389 g/mol. The van der Waals surface area contributed by atoms with E-state index >= 15 is 0 Å². The second-order valence-corrected chi connectivity index (χ2v) is 6.65. The quantitative estimate of drug-likeness (QED) is 0.494. The molecule has 0 atom stereocenters. The number of hydrazone groups is 1. The van der Waals surface area contributed by atoms with Gasteiger partial charge in [-0.05, 0) is 24.6 Å². The van der Waals surface area contributed by atoms with Crippen molar-refractivity contribution in [2.45, 2.75) is 6.92 Å². The maximum absolute atomic E-state index is 5.43. The fourth-order valence-corrected chi connectivity index (χ4v) is 2.84. The smallest absolute Gasteiger partial charge is 0.250 e. The van der Waals surface area contributed by atoms with Gasteiger partial charge in [0.25, 0.3) is 0 Å². The number of anilines is 4. The van der Waals surface area contributed by atoms with Crippen molar-refractivity contribution >= 4 is 29.7 Å². The molecule has 1 aromatic heterocycles. The van der Waals surface area contributed by atoms with Crippen LogP contribution >= 0.6 is 0 Å². The number of rotatable bonds is 6. The fourth-order valence-electron chi connectivity index (χ4n) is 2.84. The first-order chi connectivity index (χ1) is 14.3. The molecule has 0 unspecified atom stereocenters. The third-order valence-corrected chi connectivity index (χ3v) is 4.40. The van der Waals surface area contributed by atoms with E-state index in [1.807, 2.05) is 54.6 Å². The Morgan fingerprint density at radius 2 is 1.66 bits per heavy atom. The van der Waals surface area contributed by atoms with Crippen molar-refractivity contribution in [2.24, 2.45) is 5.10 Å². The summed E-state index contributed by atoms with van der Waals surface area (Å²) in [6, 6.07) is 17.9. The van der Waals surface area contributed by atoms with Gasteiger partial charge in [0.2, 0.25) is 17.8 Å². The minimum atomic E-state index is 0.378. The molecule has 0 saturated carbocycles. The molecule has 2 N–H and O–H groups in total. The number of nitrogens with zero attached hydrogens (tertiary/aromatic N) is 5. The largest absolute Gasteiger partial charge is 0.378 e. The van der Waals surface area contributed by atoms with Crippen LogP contribution in [0.2, 0.25) is 0 Å². The van der Waals surface area contributed by atoms with E-state index in [9.17, 15) is 0 Å². The topological polar surface area (TPSA) is 87.6 Å². The SMILES string of the molecule is Cc1ccc(C=NNc2nc(Nc3ccccc3)nc(N3CCOCC3)n2)cc1. The summed E-state index contributed by atoms with van der Waals surface area (Å²) in [7, 11) is 0. The van der Waals surface area contributed by atoms with Crippen LogP contribution in [0.5, 0.6) is 0 Å². The van der Waals surface area contributed by atoms with Gasteiger partial charge >= 0.3 is 0 Å². The number of benzene rings is 2. The van der Waals surface area contributed by atoms with Gasteiger partial charge in [-0.15, -0.1) is 0 Å². The van der Waals surface area contributed by atoms with E-state index < -0.39 is 0 Å². The molecule has 1 saturated heterocycles. The molecule has 2 heterocycles. The highest BCUT2D eigenvalue weighted by Crippen LogP contribution is 2.18. The molecule has 148 valence electrons. The van der Waals surface area contributed by atoms with Crippen LogP contribution in [0.4, 0.5) is 23.5 Å².